The van der Waals surface area contributed by atoms with Crippen molar-refractivity contribution in [2.45, 2.75) is 33.6 Å². The highest BCUT2D eigenvalue weighted by molar-refractivity contribution is 9.10. The molecule has 0 bridgehead atoms. The Morgan fingerprint density at radius 3 is 2.50 bits per heavy atom. The third kappa shape index (κ3) is 4.09. The second-order valence-corrected chi connectivity index (χ2v) is 6.96. The van der Waals surface area contributed by atoms with Gasteiger partial charge < -0.3 is 9.80 Å². The molecule has 0 spiro atoms. The number of piperidine rings is 1. The standard InChI is InChI=1S/C17H23BrN2O2/c1-12-6-8-19(9-7-12)17(22)11-20(14(3)21)15-4-5-16(18)13(2)10-15/h4-5,10,12H,6-9,11H2,1-3H3. The van der Waals surface area contributed by atoms with Gasteiger partial charge in [0, 0.05) is 30.2 Å². The van der Waals surface area contributed by atoms with Gasteiger partial charge in [0.1, 0.15) is 6.54 Å². The molecule has 1 fully saturated rings. The Kier molecular flexibility index (Phi) is 5.62. The van der Waals surface area contributed by atoms with Gasteiger partial charge in [0.05, 0.1) is 0 Å². The molecule has 2 amide bonds. The van der Waals surface area contributed by atoms with Crippen molar-refractivity contribution in [2.75, 3.05) is 24.5 Å². The number of amides is 2. The average molecular weight is 367 g/mol. The molecule has 1 aromatic rings. The maximum Gasteiger partial charge on any atom is 0.242 e. The predicted molar refractivity (Wildman–Crippen MR) is 91.9 cm³/mol. The normalized spacial score (nSPS) is 15.7. The van der Waals surface area contributed by atoms with Gasteiger partial charge in [-0.15, -0.1) is 0 Å². The largest absolute Gasteiger partial charge is 0.341 e. The summed E-state index contributed by atoms with van der Waals surface area (Å²) in [6.45, 7) is 7.40. The SMILES string of the molecule is CC(=O)N(CC(=O)N1CCC(C)CC1)c1ccc(Br)c(C)c1. The molecular formula is C17H23BrN2O2. The van der Waals surface area contributed by atoms with Gasteiger partial charge in [-0.05, 0) is 49.4 Å². The van der Waals surface area contributed by atoms with Gasteiger partial charge in [-0.25, -0.2) is 0 Å². The molecule has 5 heteroatoms. The fraction of sp³-hybridized carbons (Fsp3) is 0.529. The summed E-state index contributed by atoms with van der Waals surface area (Å²) in [6.07, 6.45) is 2.09. The Morgan fingerprint density at radius 2 is 1.95 bits per heavy atom. The number of halogens is 1. The summed E-state index contributed by atoms with van der Waals surface area (Å²) in [7, 11) is 0. The van der Waals surface area contributed by atoms with Gasteiger partial charge in [-0.3, -0.25) is 9.59 Å². The predicted octanol–water partition coefficient (Wildman–Crippen LogP) is 3.37. The molecule has 1 saturated heterocycles. The molecule has 0 saturated carbocycles. The minimum absolute atomic E-state index is 0.0303. The summed E-state index contributed by atoms with van der Waals surface area (Å²) in [5, 5.41) is 0. The highest BCUT2D eigenvalue weighted by atomic mass is 79.9. The molecule has 22 heavy (non-hydrogen) atoms. The lowest BCUT2D eigenvalue weighted by molar-refractivity contribution is -0.132. The zero-order chi connectivity index (χ0) is 16.3. The van der Waals surface area contributed by atoms with E-state index in [0.29, 0.717) is 5.92 Å². The summed E-state index contributed by atoms with van der Waals surface area (Å²) in [6, 6.07) is 5.70. The second-order valence-electron chi connectivity index (χ2n) is 6.10. The number of hydrogen-bond donors (Lipinski definition) is 0. The molecule has 0 atom stereocenters. The van der Waals surface area contributed by atoms with Gasteiger partial charge in [0.15, 0.2) is 0 Å². The molecule has 0 radical (unpaired) electrons. The smallest absolute Gasteiger partial charge is 0.242 e. The quantitative estimate of drug-likeness (QED) is 0.822. The van der Waals surface area contributed by atoms with Crippen molar-refractivity contribution in [3.8, 4) is 0 Å². The third-order valence-electron chi connectivity index (χ3n) is 4.26. The fourth-order valence-corrected chi connectivity index (χ4v) is 2.92. The number of rotatable bonds is 3. The van der Waals surface area contributed by atoms with Crippen LogP contribution in [0.5, 0.6) is 0 Å². The van der Waals surface area contributed by atoms with Crippen molar-refractivity contribution < 1.29 is 9.59 Å². The van der Waals surface area contributed by atoms with Crippen LogP contribution in [-0.4, -0.2) is 36.3 Å². The van der Waals surface area contributed by atoms with E-state index in [1.165, 1.54) is 6.92 Å². The van der Waals surface area contributed by atoms with E-state index in [-0.39, 0.29) is 18.4 Å². The average Bonchev–Trinajstić information content (AvgIpc) is 2.48. The second kappa shape index (κ2) is 7.27. The minimum Gasteiger partial charge on any atom is -0.341 e. The lowest BCUT2D eigenvalue weighted by Crippen LogP contribution is -2.45. The molecule has 0 N–H and O–H groups in total. The van der Waals surface area contributed by atoms with Crippen molar-refractivity contribution in [2.24, 2.45) is 5.92 Å². The van der Waals surface area contributed by atoms with Crippen molar-refractivity contribution >= 4 is 33.4 Å². The summed E-state index contributed by atoms with van der Waals surface area (Å²) >= 11 is 3.46. The lowest BCUT2D eigenvalue weighted by atomic mass is 9.99. The first-order chi connectivity index (χ1) is 10.4. The summed E-state index contributed by atoms with van der Waals surface area (Å²) in [5.41, 5.74) is 1.81. The molecule has 120 valence electrons. The number of carbonyl (C=O) groups is 2. The maximum atomic E-state index is 12.5. The Hall–Kier alpha value is -1.36. The maximum absolute atomic E-state index is 12.5. The molecule has 1 aromatic carbocycles. The van der Waals surface area contributed by atoms with Crippen LogP contribution in [0.4, 0.5) is 5.69 Å². The number of likely N-dealkylation sites (tertiary alicyclic amines) is 1. The van der Waals surface area contributed by atoms with Crippen LogP contribution in [0, 0.1) is 12.8 Å². The molecule has 0 aromatic heterocycles. The van der Waals surface area contributed by atoms with E-state index in [1.54, 1.807) is 4.90 Å². The van der Waals surface area contributed by atoms with Crippen LogP contribution in [0.3, 0.4) is 0 Å². The van der Waals surface area contributed by atoms with E-state index in [9.17, 15) is 9.59 Å². The fourth-order valence-electron chi connectivity index (χ4n) is 2.67. The summed E-state index contributed by atoms with van der Waals surface area (Å²) < 4.78 is 0.996. The Labute approximate surface area is 140 Å². The summed E-state index contributed by atoms with van der Waals surface area (Å²) in [4.78, 5) is 27.9. The molecule has 0 unspecified atom stereocenters. The van der Waals surface area contributed by atoms with Crippen LogP contribution in [0.25, 0.3) is 0 Å². The van der Waals surface area contributed by atoms with Crippen molar-refractivity contribution in [3.05, 3.63) is 28.2 Å². The van der Waals surface area contributed by atoms with E-state index in [4.69, 9.17) is 0 Å². The van der Waals surface area contributed by atoms with Crippen LogP contribution < -0.4 is 4.90 Å². The van der Waals surface area contributed by atoms with E-state index >= 15 is 0 Å². The Morgan fingerprint density at radius 1 is 1.32 bits per heavy atom. The van der Waals surface area contributed by atoms with Gasteiger partial charge in [-0.1, -0.05) is 22.9 Å². The molecule has 1 aliphatic heterocycles. The summed E-state index contributed by atoms with van der Waals surface area (Å²) in [5.74, 6) is 0.602. The zero-order valence-electron chi connectivity index (χ0n) is 13.4. The van der Waals surface area contributed by atoms with Crippen LogP contribution in [0.2, 0.25) is 0 Å². The van der Waals surface area contributed by atoms with E-state index in [1.807, 2.05) is 30.0 Å². The number of anilines is 1. The van der Waals surface area contributed by atoms with Gasteiger partial charge in [0.25, 0.3) is 0 Å². The Balaban J connectivity index is 2.10. The van der Waals surface area contributed by atoms with Crippen LogP contribution in [0.15, 0.2) is 22.7 Å². The van der Waals surface area contributed by atoms with Crippen molar-refractivity contribution in [3.63, 3.8) is 0 Å². The lowest BCUT2D eigenvalue weighted by Gasteiger charge is -2.32. The van der Waals surface area contributed by atoms with Crippen molar-refractivity contribution in [1.82, 2.24) is 4.90 Å². The highest BCUT2D eigenvalue weighted by Crippen LogP contribution is 2.23. The number of hydrogen-bond acceptors (Lipinski definition) is 2. The van der Waals surface area contributed by atoms with Crippen LogP contribution in [-0.2, 0) is 9.59 Å². The van der Waals surface area contributed by atoms with Gasteiger partial charge in [-0.2, -0.15) is 0 Å². The van der Waals surface area contributed by atoms with E-state index in [2.05, 4.69) is 22.9 Å². The van der Waals surface area contributed by atoms with E-state index in [0.717, 1.165) is 41.7 Å². The van der Waals surface area contributed by atoms with Crippen LogP contribution >= 0.6 is 15.9 Å². The molecule has 1 heterocycles. The molecule has 2 rings (SSSR count). The molecule has 4 nitrogen and oxygen atoms in total. The molecular weight excluding hydrogens is 344 g/mol. The Bertz CT molecular complexity index is 566. The first-order valence-electron chi connectivity index (χ1n) is 7.70. The number of carbonyl (C=O) groups excluding carboxylic acids is 2. The third-order valence-corrected chi connectivity index (χ3v) is 5.15. The highest BCUT2D eigenvalue weighted by Gasteiger charge is 2.24. The van der Waals surface area contributed by atoms with Gasteiger partial charge in [0.2, 0.25) is 11.8 Å². The first kappa shape index (κ1) is 17.0. The van der Waals surface area contributed by atoms with Gasteiger partial charge >= 0.3 is 0 Å². The number of aryl methyl sites for hydroxylation is 1. The first-order valence-corrected chi connectivity index (χ1v) is 8.50. The van der Waals surface area contributed by atoms with Crippen molar-refractivity contribution in [1.29, 1.82) is 0 Å². The molecule has 0 aliphatic carbocycles. The number of nitrogens with zero attached hydrogens (tertiary/aromatic N) is 2. The van der Waals surface area contributed by atoms with Crippen LogP contribution in [0.1, 0.15) is 32.3 Å². The zero-order valence-corrected chi connectivity index (χ0v) is 15.0. The molecule has 1 aliphatic rings. The number of benzene rings is 1. The minimum atomic E-state index is -0.111. The van der Waals surface area contributed by atoms with E-state index < -0.39 is 0 Å². The monoisotopic (exact) mass is 366 g/mol. The topological polar surface area (TPSA) is 40.6 Å².